The zero-order valence-electron chi connectivity index (χ0n) is 19.4. The number of nitrogens with zero attached hydrogens (tertiary/aromatic N) is 2. The van der Waals surface area contributed by atoms with Gasteiger partial charge in [-0.2, -0.15) is 0 Å². The number of rotatable bonds is 3. The second-order valence-electron chi connectivity index (χ2n) is 8.40. The molecule has 0 spiro atoms. The molecular weight excluding hydrogens is 475 g/mol. The monoisotopic (exact) mass is 503 g/mol. The summed E-state index contributed by atoms with van der Waals surface area (Å²) in [4.78, 5) is 2.41. The molecule has 2 atom stereocenters. The first-order valence-electron chi connectivity index (χ1n) is 11.0. The van der Waals surface area contributed by atoms with Crippen molar-refractivity contribution in [2.24, 2.45) is 7.05 Å². The summed E-state index contributed by atoms with van der Waals surface area (Å²) in [6.45, 7) is 8.07. The molecule has 1 aliphatic rings. The van der Waals surface area contributed by atoms with E-state index in [1.165, 1.54) is 16.8 Å². The fraction of sp³-hybridized carbons (Fsp3) is 0.296. The Bertz CT molecular complexity index is 1020. The minimum atomic E-state index is 0.290. The summed E-state index contributed by atoms with van der Waals surface area (Å²) in [5.74, 6) is 0. The second kappa shape index (κ2) is 11.9. The third-order valence-electron chi connectivity index (χ3n) is 5.35. The van der Waals surface area contributed by atoms with Crippen molar-refractivity contribution in [2.75, 3.05) is 18.0 Å². The highest BCUT2D eigenvalue weighted by Gasteiger charge is 2.22. The highest BCUT2D eigenvalue weighted by molar-refractivity contribution is 6.43. The molecule has 33 heavy (non-hydrogen) atoms. The summed E-state index contributed by atoms with van der Waals surface area (Å²) in [6, 6.07) is 16.4. The maximum absolute atomic E-state index is 5.80. The second-order valence-corrected chi connectivity index (χ2v) is 9.62. The molecule has 2 heterocycles. The Labute approximate surface area is 212 Å². The van der Waals surface area contributed by atoms with Gasteiger partial charge in [0.25, 0.3) is 0 Å². The lowest BCUT2D eigenvalue weighted by Crippen LogP contribution is -2.45. The molecule has 6 heteroatoms. The number of ether oxygens (including phenoxy) is 1. The van der Waals surface area contributed by atoms with Crippen LogP contribution in [-0.2, 0) is 11.8 Å². The molecule has 1 aliphatic heterocycles. The van der Waals surface area contributed by atoms with E-state index in [0.29, 0.717) is 15.1 Å². The first-order chi connectivity index (χ1) is 15.7. The number of hydrogen-bond acceptors (Lipinski definition) is 2. The number of pyridine rings is 1. The van der Waals surface area contributed by atoms with Gasteiger partial charge in [0.1, 0.15) is 7.05 Å². The zero-order valence-corrected chi connectivity index (χ0v) is 21.7. The Morgan fingerprint density at radius 1 is 0.818 bits per heavy atom. The lowest BCUT2D eigenvalue weighted by Gasteiger charge is -2.36. The zero-order chi connectivity index (χ0) is 24.0. The summed E-state index contributed by atoms with van der Waals surface area (Å²) in [7, 11) is 2.03. The molecule has 4 rings (SSSR count). The summed E-state index contributed by atoms with van der Waals surface area (Å²) in [5.41, 5.74) is 4.64. The third kappa shape index (κ3) is 7.75. The van der Waals surface area contributed by atoms with Crippen LogP contribution >= 0.6 is 34.8 Å². The Balaban J connectivity index is 0.000000257. The van der Waals surface area contributed by atoms with Gasteiger partial charge in [-0.25, -0.2) is 4.57 Å². The average Bonchev–Trinajstić information content (AvgIpc) is 2.78. The third-order valence-corrected chi connectivity index (χ3v) is 6.48. The molecule has 174 valence electrons. The molecule has 3 nitrogen and oxygen atoms in total. The maximum atomic E-state index is 5.80. The van der Waals surface area contributed by atoms with Gasteiger partial charge in [0.15, 0.2) is 12.4 Å². The Morgan fingerprint density at radius 3 is 1.88 bits per heavy atom. The van der Waals surface area contributed by atoms with Gasteiger partial charge in [0.05, 0.1) is 22.3 Å². The summed E-state index contributed by atoms with van der Waals surface area (Å²) < 4.78 is 7.84. The SMILES string of the molecule is C[C@@H]1CN(c2ccc(/C=C/c3cc[n+](C)cc3)cc2)C[C@H](C)O1.Cc1cc(Cl)c(Cl)cc1Cl. The van der Waals surface area contributed by atoms with Gasteiger partial charge < -0.3 is 9.64 Å². The van der Waals surface area contributed by atoms with Crippen LogP contribution in [0, 0.1) is 6.92 Å². The predicted octanol–water partition coefficient (Wildman–Crippen LogP) is 7.25. The molecule has 1 fully saturated rings. The Hall–Kier alpha value is -2.04. The van der Waals surface area contributed by atoms with E-state index in [2.05, 4.69) is 79.7 Å². The van der Waals surface area contributed by atoms with Gasteiger partial charge >= 0.3 is 0 Å². The van der Waals surface area contributed by atoms with E-state index >= 15 is 0 Å². The topological polar surface area (TPSA) is 16.4 Å². The molecule has 0 radical (unpaired) electrons. The van der Waals surface area contributed by atoms with Crippen molar-refractivity contribution in [3.8, 4) is 0 Å². The maximum Gasteiger partial charge on any atom is 0.169 e. The fourth-order valence-electron chi connectivity index (χ4n) is 3.62. The van der Waals surface area contributed by atoms with Crippen LogP contribution in [0.25, 0.3) is 12.2 Å². The molecule has 0 unspecified atom stereocenters. The van der Waals surface area contributed by atoms with Crippen molar-refractivity contribution in [3.63, 3.8) is 0 Å². The first-order valence-corrected chi connectivity index (χ1v) is 12.1. The van der Waals surface area contributed by atoms with Gasteiger partial charge in [0.2, 0.25) is 0 Å². The number of benzene rings is 2. The van der Waals surface area contributed by atoms with Gasteiger partial charge in [0, 0.05) is 35.9 Å². The highest BCUT2D eigenvalue weighted by Crippen LogP contribution is 2.28. The van der Waals surface area contributed by atoms with Crippen LogP contribution in [0.3, 0.4) is 0 Å². The van der Waals surface area contributed by atoms with Gasteiger partial charge in [-0.15, -0.1) is 0 Å². The molecule has 1 saturated heterocycles. The van der Waals surface area contributed by atoms with E-state index in [1.807, 2.05) is 18.5 Å². The summed E-state index contributed by atoms with van der Waals surface area (Å²) in [5, 5.41) is 1.69. The largest absolute Gasteiger partial charge is 0.372 e. The van der Waals surface area contributed by atoms with Crippen molar-refractivity contribution in [1.82, 2.24) is 0 Å². The Kier molecular flexibility index (Phi) is 9.22. The van der Waals surface area contributed by atoms with Crippen molar-refractivity contribution < 1.29 is 9.30 Å². The smallest absolute Gasteiger partial charge is 0.169 e. The van der Waals surface area contributed by atoms with Crippen LogP contribution < -0.4 is 9.47 Å². The quantitative estimate of drug-likeness (QED) is 0.276. The first kappa shape index (κ1) is 25.6. The van der Waals surface area contributed by atoms with E-state index < -0.39 is 0 Å². The van der Waals surface area contributed by atoms with E-state index in [9.17, 15) is 0 Å². The number of halogens is 3. The van der Waals surface area contributed by atoms with Crippen LogP contribution in [0.15, 0.2) is 60.9 Å². The summed E-state index contributed by atoms with van der Waals surface area (Å²) >= 11 is 17.1. The number of anilines is 1. The Morgan fingerprint density at radius 2 is 1.33 bits per heavy atom. The molecule has 0 aliphatic carbocycles. The van der Waals surface area contributed by atoms with Crippen LogP contribution in [0.2, 0.25) is 15.1 Å². The molecule has 3 aromatic rings. The molecule has 0 amide bonds. The van der Waals surface area contributed by atoms with E-state index in [1.54, 1.807) is 12.1 Å². The number of aromatic nitrogens is 1. The van der Waals surface area contributed by atoms with Crippen LogP contribution in [-0.4, -0.2) is 25.3 Å². The van der Waals surface area contributed by atoms with Crippen molar-refractivity contribution in [3.05, 3.63) is 92.7 Å². The van der Waals surface area contributed by atoms with Crippen molar-refractivity contribution >= 4 is 52.6 Å². The molecule has 0 saturated carbocycles. The molecule has 0 N–H and O–H groups in total. The van der Waals surface area contributed by atoms with E-state index in [0.717, 1.165) is 18.7 Å². The minimum absolute atomic E-state index is 0.290. The van der Waals surface area contributed by atoms with E-state index in [-0.39, 0.29) is 12.2 Å². The van der Waals surface area contributed by atoms with Crippen molar-refractivity contribution in [1.29, 1.82) is 0 Å². The molecule has 2 aromatic carbocycles. The van der Waals surface area contributed by atoms with Crippen LogP contribution in [0.1, 0.15) is 30.5 Å². The highest BCUT2D eigenvalue weighted by atomic mass is 35.5. The number of morpholine rings is 1. The minimum Gasteiger partial charge on any atom is -0.372 e. The molecule has 0 bridgehead atoms. The predicted molar refractivity (Wildman–Crippen MR) is 141 cm³/mol. The lowest BCUT2D eigenvalue weighted by molar-refractivity contribution is -0.671. The molecule has 1 aromatic heterocycles. The van der Waals surface area contributed by atoms with Crippen molar-refractivity contribution in [2.45, 2.75) is 33.0 Å². The summed E-state index contributed by atoms with van der Waals surface area (Å²) in [6.07, 6.45) is 9.00. The normalized spacial score (nSPS) is 18.2. The standard InChI is InChI=1S/C20H25N2O.C7H5Cl3/c1-16-14-22(15-17(2)23-16)20-8-6-18(7-9-20)4-5-19-10-12-21(3)13-11-19;1-4-2-6(9)7(10)3-5(4)8/h4-13,16-17H,14-15H2,1-3H3;2-3H,1H3/q+1;/t16-,17+;. The number of hydrogen-bond donors (Lipinski definition) is 0. The fourth-order valence-corrected chi connectivity index (χ4v) is 4.22. The van der Waals surface area contributed by atoms with Gasteiger partial charge in [-0.05, 0) is 61.7 Å². The van der Waals surface area contributed by atoms with Crippen LogP contribution in [0.5, 0.6) is 0 Å². The van der Waals surface area contributed by atoms with Gasteiger partial charge in [-0.1, -0.05) is 59.1 Å². The molecular formula is C27H30Cl3N2O+. The lowest BCUT2D eigenvalue weighted by atomic mass is 10.1. The number of aryl methyl sites for hydroxylation is 2. The van der Waals surface area contributed by atoms with Gasteiger partial charge in [-0.3, -0.25) is 0 Å². The van der Waals surface area contributed by atoms with Crippen LogP contribution in [0.4, 0.5) is 5.69 Å². The van der Waals surface area contributed by atoms with E-state index in [4.69, 9.17) is 39.5 Å². The average molecular weight is 505 g/mol.